The van der Waals surface area contributed by atoms with Crippen molar-refractivity contribution in [3.05, 3.63) is 5.69 Å². The molecule has 1 atom stereocenters. The van der Waals surface area contributed by atoms with E-state index in [1.807, 2.05) is 0 Å². The Morgan fingerprint density at radius 3 is 3.06 bits per heavy atom. The van der Waals surface area contributed by atoms with E-state index in [1.165, 1.54) is 0 Å². The summed E-state index contributed by atoms with van der Waals surface area (Å²) in [5.41, 5.74) is -0.250. The average Bonchev–Trinajstić information content (AvgIpc) is 2.77. The highest BCUT2D eigenvalue weighted by Crippen LogP contribution is 2.20. The van der Waals surface area contributed by atoms with Crippen molar-refractivity contribution in [2.45, 2.75) is 6.04 Å². The monoisotopic (exact) mass is 229 g/mol. The van der Waals surface area contributed by atoms with Gasteiger partial charge in [0, 0.05) is 6.54 Å². The molecule has 0 spiro atoms. The topological polar surface area (TPSA) is 109 Å². The van der Waals surface area contributed by atoms with Gasteiger partial charge in [-0.1, -0.05) is 0 Å². The van der Waals surface area contributed by atoms with Crippen molar-refractivity contribution in [2.24, 2.45) is 0 Å². The molecule has 0 bridgehead atoms. The van der Waals surface area contributed by atoms with E-state index in [-0.39, 0.29) is 24.2 Å². The van der Waals surface area contributed by atoms with Gasteiger partial charge in [0.15, 0.2) is 0 Å². The molecule has 1 aliphatic heterocycles. The number of carbonyl (C=O) groups is 1. The largest absolute Gasteiger partial charge is 0.476 e. The van der Waals surface area contributed by atoms with E-state index >= 15 is 0 Å². The second-order valence-electron chi connectivity index (χ2n) is 3.35. The summed E-state index contributed by atoms with van der Waals surface area (Å²) in [5, 5.41) is 24.9. The predicted molar refractivity (Wildman–Crippen MR) is 50.3 cm³/mol. The minimum atomic E-state index is -1.21. The van der Waals surface area contributed by atoms with Gasteiger partial charge in [0.2, 0.25) is 11.5 Å². The van der Waals surface area contributed by atoms with Gasteiger partial charge < -0.3 is 19.8 Å². The Morgan fingerprint density at radius 2 is 2.38 bits per heavy atom. The van der Waals surface area contributed by atoms with Crippen LogP contribution in [0.2, 0.25) is 0 Å². The number of hydrogen-bond donors (Lipinski definition) is 2. The number of anilines is 1. The Hall–Kier alpha value is -1.67. The average molecular weight is 229 g/mol. The third kappa shape index (κ3) is 1.84. The SMILES string of the molecule is O=C(O)c1nonc1N1CCOCC1CO. The predicted octanol–water partition coefficient (Wildman–Crippen LogP) is -1.03. The summed E-state index contributed by atoms with van der Waals surface area (Å²) in [6.07, 6.45) is 0. The molecule has 0 aliphatic carbocycles. The van der Waals surface area contributed by atoms with Crippen LogP contribution in [0.5, 0.6) is 0 Å². The van der Waals surface area contributed by atoms with Crippen LogP contribution in [0.15, 0.2) is 4.63 Å². The summed E-state index contributed by atoms with van der Waals surface area (Å²) >= 11 is 0. The molecule has 16 heavy (non-hydrogen) atoms. The number of carboxylic acid groups (broad SMARTS) is 1. The van der Waals surface area contributed by atoms with E-state index in [0.29, 0.717) is 19.8 Å². The minimum Gasteiger partial charge on any atom is -0.476 e. The summed E-state index contributed by atoms with van der Waals surface area (Å²) in [5.74, 6) is -1.07. The summed E-state index contributed by atoms with van der Waals surface area (Å²) in [7, 11) is 0. The van der Waals surface area contributed by atoms with E-state index in [4.69, 9.17) is 14.9 Å². The number of hydrogen-bond acceptors (Lipinski definition) is 7. The highest BCUT2D eigenvalue weighted by Gasteiger charge is 2.30. The molecule has 88 valence electrons. The molecule has 0 radical (unpaired) electrons. The van der Waals surface area contributed by atoms with Crippen molar-refractivity contribution in [2.75, 3.05) is 31.3 Å². The van der Waals surface area contributed by atoms with Gasteiger partial charge in [0.25, 0.3) is 0 Å². The van der Waals surface area contributed by atoms with E-state index in [2.05, 4.69) is 14.9 Å². The van der Waals surface area contributed by atoms with Gasteiger partial charge in [0.1, 0.15) is 0 Å². The highest BCUT2D eigenvalue weighted by molar-refractivity contribution is 5.90. The molecule has 1 aromatic rings. The van der Waals surface area contributed by atoms with Crippen LogP contribution >= 0.6 is 0 Å². The number of aliphatic hydroxyl groups is 1. The third-order valence-electron chi connectivity index (χ3n) is 2.38. The smallest absolute Gasteiger partial charge is 0.362 e. The molecule has 0 aromatic carbocycles. The molecule has 1 aliphatic rings. The number of rotatable bonds is 3. The lowest BCUT2D eigenvalue weighted by Crippen LogP contribution is -2.48. The van der Waals surface area contributed by atoms with Crippen LogP contribution < -0.4 is 4.90 Å². The highest BCUT2D eigenvalue weighted by atomic mass is 16.6. The van der Waals surface area contributed by atoms with Crippen LogP contribution in [0.1, 0.15) is 10.5 Å². The zero-order valence-electron chi connectivity index (χ0n) is 8.37. The second kappa shape index (κ2) is 4.45. The van der Waals surface area contributed by atoms with E-state index < -0.39 is 5.97 Å². The van der Waals surface area contributed by atoms with Crippen molar-refractivity contribution >= 4 is 11.8 Å². The molecule has 0 saturated carbocycles. The molecule has 1 saturated heterocycles. The van der Waals surface area contributed by atoms with Crippen molar-refractivity contribution in [1.29, 1.82) is 0 Å². The van der Waals surface area contributed by atoms with E-state index in [0.717, 1.165) is 0 Å². The van der Waals surface area contributed by atoms with Crippen LogP contribution in [-0.4, -0.2) is 58.9 Å². The van der Waals surface area contributed by atoms with Crippen LogP contribution in [-0.2, 0) is 4.74 Å². The Kier molecular flexibility index (Phi) is 3.02. The maximum absolute atomic E-state index is 10.8. The summed E-state index contributed by atoms with van der Waals surface area (Å²) in [4.78, 5) is 12.5. The van der Waals surface area contributed by atoms with Gasteiger partial charge in [-0.05, 0) is 10.3 Å². The summed E-state index contributed by atoms with van der Waals surface area (Å²) in [6, 6.07) is -0.321. The molecule has 2 rings (SSSR count). The molecule has 8 nitrogen and oxygen atoms in total. The van der Waals surface area contributed by atoms with Crippen LogP contribution in [0, 0.1) is 0 Å². The fraction of sp³-hybridized carbons (Fsp3) is 0.625. The Bertz CT molecular complexity index is 380. The van der Waals surface area contributed by atoms with Crippen LogP contribution in [0.4, 0.5) is 5.82 Å². The van der Waals surface area contributed by atoms with Crippen LogP contribution in [0.25, 0.3) is 0 Å². The number of aromatic nitrogens is 2. The zero-order valence-corrected chi connectivity index (χ0v) is 8.37. The third-order valence-corrected chi connectivity index (χ3v) is 2.38. The Labute approximate surface area is 90.4 Å². The first-order valence-electron chi connectivity index (χ1n) is 4.75. The molecule has 1 fully saturated rings. The Balaban J connectivity index is 2.27. The molecule has 0 amide bonds. The molecule has 1 aromatic heterocycles. The van der Waals surface area contributed by atoms with E-state index in [1.54, 1.807) is 4.90 Å². The van der Waals surface area contributed by atoms with Gasteiger partial charge in [-0.2, -0.15) is 0 Å². The number of morpholine rings is 1. The maximum atomic E-state index is 10.8. The normalized spacial score (nSPS) is 21.1. The first kappa shape index (κ1) is 10.8. The van der Waals surface area contributed by atoms with E-state index in [9.17, 15) is 4.79 Å². The standard InChI is InChI=1S/C8H11N3O5/c12-3-5-4-15-2-1-11(5)7-6(8(13)14)9-16-10-7/h5,12H,1-4H2,(H,13,14). The zero-order chi connectivity index (χ0) is 11.5. The summed E-state index contributed by atoms with van der Waals surface area (Å²) in [6.45, 7) is 1.07. The van der Waals surface area contributed by atoms with Crippen LogP contribution in [0.3, 0.4) is 0 Å². The number of carboxylic acids is 1. The maximum Gasteiger partial charge on any atom is 0.362 e. The van der Waals surface area contributed by atoms with Gasteiger partial charge in [-0.15, -0.1) is 0 Å². The molecule has 2 N–H and O–H groups in total. The first-order valence-corrected chi connectivity index (χ1v) is 4.75. The lowest BCUT2D eigenvalue weighted by atomic mass is 10.2. The summed E-state index contributed by atoms with van der Waals surface area (Å²) < 4.78 is 9.58. The number of nitrogens with zero attached hydrogens (tertiary/aromatic N) is 3. The molecule has 8 heteroatoms. The Morgan fingerprint density at radius 1 is 1.56 bits per heavy atom. The van der Waals surface area contributed by atoms with Gasteiger partial charge in [-0.3, -0.25) is 0 Å². The van der Waals surface area contributed by atoms with Crippen molar-refractivity contribution in [3.63, 3.8) is 0 Å². The fourth-order valence-electron chi connectivity index (χ4n) is 1.59. The second-order valence-corrected chi connectivity index (χ2v) is 3.35. The fourth-order valence-corrected chi connectivity index (χ4v) is 1.59. The van der Waals surface area contributed by atoms with Crippen molar-refractivity contribution < 1.29 is 24.4 Å². The quantitative estimate of drug-likeness (QED) is 0.676. The number of aromatic carboxylic acids is 1. The van der Waals surface area contributed by atoms with Crippen molar-refractivity contribution in [3.8, 4) is 0 Å². The molecule has 1 unspecified atom stereocenters. The molecule has 2 heterocycles. The van der Waals surface area contributed by atoms with Gasteiger partial charge in [0.05, 0.1) is 25.9 Å². The van der Waals surface area contributed by atoms with Crippen molar-refractivity contribution in [1.82, 2.24) is 10.3 Å². The number of aliphatic hydroxyl groups excluding tert-OH is 1. The number of ether oxygens (including phenoxy) is 1. The molecular weight excluding hydrogens is 218 g/mol. The first-order chi connectivity index (χ1) is 7.74. The minimum absolute atomic E-state index is 0.134. The van der Waals surface area contributed by atoms with Gasteiger partial charge >= 0.3 is 5.97 Å². The molecular formula is C8H11N3O5. The lowest BCUT2D eigenvalue weighted by Gasteiger charge is -2.34. The van der Waals surface area contributed by atoms with Gasteiger partial charge in [-0.25, -0.2) is 9.42 Å². The lowest BCUT2D eigenvalue weighted by molar-refractivity contribution is 0.0669.